The van der Waals surface area contributed by atoms with Gasteiger partial charge in [-0.15, -0.1) is 10.2 Å². The van der Waals surface area contributed by atoms with E-state index >= 15 is 0 Å². The van der Waals surface area contributed by atoms with Crippen LogP contribution in [0.25, 0.3) is 11.3 Å². The molecule has 130 valence electrons. The summed E-state index contributed by atoms with van der Waals surface area (Å²) in [4.78, 5) is 27.7. The third-order valence-corrected chi connectivity index (χ3v) is 4.39. The summed E-state index contributed by atoms with van der Waals surface area (Å²) in [6.45, 7) is 0. The number of aromatic nitrogens is 4. The second kappa shape index (κ2) is 6.74. The van der Waals surface area contributed by atoms with Crippen molar-refractivity contribution in [3.8, 4) is 29.2 Å². The van der Waals surface area contributed by atoms with Gasteiger partial charge in [-0.3, -0.25) is 9.78 Å². The standard InChI is InChI=1S/C20H13N5O2/c21-10-18-15(14-8-13(14)7-6-12-4-2-1-3-5-12)9-17(24-25-18)16-11-22-20(27)23-19(16)26/h1-5,9,11,13-14H,8H2,(H2,22,23,26,27)/t13-,14-/m0/s1. The fourth-order valence-corrected chi connectivity index (χ4v) is 2.90. The Morgan fingerprint density at radius 2 is 1.96 bits per heavy atom. The van der Waals surface area contributed by atoms with E-state index in [-0.39, 0.29) is 23.1 Å². The molecule has 27 heavy (non-hydrogen) atoms. The lowest BCUT2D eigenvalue weighted by Crippen LogP contribution is -2.23. The first-order valence-corrected chi connectivity index (χ1v) is 8.32. The molecule has 4 rings (SSSR count). The molecule has 7 heteroatoms. The Kier molecular flexibility index (Phi) is 4.12. The van der Waals surface area contributed by atoms with Crippen LogP contribution in [0.15, 0.2) is 52.2 Å². The van der Waals surface area contributed by atoms with E-state index < -0.39 is 11.2 Å². The van der Waals surface area contributed by atoms with Gasteiger partial charge >= 0.3 is 5.69 Å². The highest BCUT2D eigenvalue weighted by Crippen LogP contribution is 2.48. The molecule has 3 aromatic rings. The topological polar surface area (TPSA) is 115 Å². The Morgan fingerprint density at radius 3 is 2.70 bits per heavy atom. The molecule has 1 aliphatic rings. The van der Waals surface area contributed by atoms with Crippen LogP contribution < -0.4 is 11.2 Å². The number of benzene rings is 1. The van der Waals surface area contributed by atoms with Crippen molar-refractivity contribution in [1.29, 1.82) is 5.26 Å². The normalized spacial score (nSPS) is 17.4. The lowest BCUT2D eigenvalue weighted by Gasteiger charge is -2.04. The minimum atomic E-state index is -0.593. The number of hydrogen-bond donors (Lipinski definition) is 2. The summed E-state index contributed by atoms with van der Waals surface area (Å²) in [6, 6.07) is 13.4. The third-order valence-electron chi connectivity index (χ3n) is 4.39. The molecule has 1 fully saturated rings. The Labute approximate surface area is 153 Å². The summed E-state index contributed by atoms with van der Waals surface area (Å²) in [7, 11) is 0. The average molecular weight is 355 g/mol. The Morgan fingerprint density at radius 1 is 1.15 bits per heavy atom. The summed E-state index contributed by atoms with van der Waals surface area (Å²) in [5.41, 5.74) is 1.25. The molecule has 0 unspecified atom stereocenters. The maximum atomic E-state index is 12.0. The van der Waals surface area contributed by atoms with E-state index in [2.05, 4.69) is 32.0 Å². The van der Waals surface area contributed by atoms with Gasteiger partial charge in [0.25, 0.3) is 5.56 Å². The van der Waals surface area contributed by atoms with E-state index in [1.807, 2.05) is 36.4 Å². The van der Waals surface area contributed by atoms with Crippen molar-refractivity contribution < 1.29 is 0 Å². The van der Waals surface area contributed by atoms with Gasteiger partial charge in [0.2, 0.25) is 0 Å². The number of H-pyrrole nitrogens is 2. The molecule has 1 aliphatic carbocycles. The van der Waals surface area contributed by atoms with Gasteiger partial charge in [0.05, 0.1) is 5.56 Å². The molecule has 2 N–H and O–H groups in total. The van der Waals surface area contributed by atoms with E-state index in [0.29, 0.717) is 5.69 Å². The predicted octanol–water partition coefficient (Wildman–Crippen LogP) is 1.55. The predicted molar refractivity (Wildman–Crippen MR) is 97.6 cm³/mol. The van der Waals surface area contributed by atoms with Gasteiger partial charge in [0, 0.05) is 23.6 Å². The van der Waals surface area contributed by atoms with Crippen LogP contribution in [0, 0.1) is 29.1 Å². The highest BCUT2D eigenvalue weighted by atomic mass is 16.2. The van der Waals surface area contributed by atoms with Crippen molar-refractivity contribution in [1.82, 2.24) is 20.2 Å². The molecule has 0 saturated heterocycles. The smallest absolute Gasteiger partial charge is 0.313 e. The van der Waals surface area contributed by atoms with Gasteiger partial charge < -0.3 is 4.98 Å². The van der Waals surface area contributed by atoms with Gasteiger partial charge in [0.15, 0.2) is 5.69 Å². The minimum absolute atomic E-state index is 0.0759. The van der Waals surface area contributed by atoms with Crippen molar-refractivity contribution in [2.75, 3.05) is 0 Å². The first-order valence-electron chi connectivity index (χ1n) is 8.32. The highest BCUT2D eigenvalue weighted by molar-refractivity contribution is 5.59. The number of nitriles is 1. The lowest BCUT2D eigenvalue weighted by atomic mass is 10.1. The number of nitrogens with one attached hydrogen (secondary N) is 2. The monoisotopic (exact) mass is 355 g/mol. The molecule has 7 nitrogen and oxygen atoms in total. The third kappa shape index (κ3) is 3.39. The second-order valence-electron chi connectivity index (χ2n) is 6.21. The van der Waals surface area contributed by atoms with Gasteiger partial charge in [-0.05, 0) is 30.2 Å². The SMILES string of the molecule is N#Cc1nnc(-c2c[nH]c(=O)[nH]c2=O)cc1[C@H]1C[C@@H]1C#Cc1ccccc1. The summed E-state index contributed by atoms with van der Waals surface area (Å²) in [5, 5.41) is 17.2. The molecule has 0 spiro atoms. The van der Waals surface area contributed by atoms with Gasteiger partial charge in [-0.25, -0.2) is 4.79 Å². The first kappa shape index (κ1) is 16.5. The Bertz CT molecular complexity index is 1230. The Balaban J connectivity index is 1.66. The molecule has 2 atom stereocenters. The van der Waals surface area contributed by atoms with E-state index in [1.165, 1.54) is 6.20 Å². The van der Waals surface area contributed by atoms with Crippen LogP contribution in [-0.4, -0.2) is 20.2 Å². The van der Waals surface area contributed by atoms with Crippen molar-refractivity contribution in [3.05, 3.63) is 80.3 Å². The Hall–Kier alpha value is -3.97. The summed E-state index contributed by atoms with van der Waals surface area (Å²) < 4.78 is 0. The molecule has 1 aromatic carbocycles. The fraction of sp³-hybridized carbons (Fsp3) is 0.150. The zero-order valence-corrected chi connectivity index (χ0v) is 14.1. The molecular weight excluding hydrogens is 342 g/mol. The molecule has 0 aliphatic heterocycles. The van der Waals surface area contributed by atoms with Crippen LogP contribution in [0.3, 0.4) is 0 Å². The molecule has 0 amide bonds. The zero-order valence-electron chi connectivity index (χ0n) is 14.1. The van der Waals surface area contributed by atoms with Crippen LogP contribution in [0.2, 0.25) is 0 Å². The fourth-order valence-electron chi connectivity index (χ4n) is 2.90. The highest BCUT2D eigenvalue weighted by Gasteiger charge is 2.39. The summed E-state index contributed by atoms with van der Waals surface area (Å²) in [5.74, 6) is 6.57. The van der Waals surface area contributed by atoms with Crippen LogP contribution in [0.1, 0.15) is 29.2 Å². The number of rotatable bonds is 2. The second-order valence-corrected chi connectivity index (χ2v) is 6.21. The van der Waals surface area contributed by atoms with E-state index in [1.54, 1.807) is 6.07 Å². The van der Waals surface area contributed by atoms with Gasteiger partial charge in [-0.1, -0.05) is 30.0 Å². The largest absolute Gasteiger partial charge is 0.325 e. The first-order chi connectivity index (χ1) is 13.2. The van der Waals surface area contributed by atoms with Gasteiger partial charge in [-0.2, -0.15) is 5.26 Å². The number of nitrogens with zero attached hydrogens (tertiary/aromatic N) is 3. The molecule has 0 bridgehead atoms. The lowest BCUT2D eigenvalue weighted by molar-refractivity contribution is 0.936. The van der Waals surface area contributed by atoms with Crippen LogP contribution in [0.4, 0.5) is 0 Å². The molecular formula is C20H13N5O2. The van der Waals surface area contributed by atoms with Crippen molar-refractivity contribution in [2.24, 2.45) is 5.92 Å². The van der Waals surface area contributed by atoms with Crippen LogP contribution in [0.5, 0.6) is 0 Å². The quantitative estimate of drug-likeness (QED) is 0.677. The van der Waals surface area contributed by atoms with E-state index in [0.717, 1.165) is 17.5 Å². The minimum Gasteiger partial charge on any atom is -0.313 e. The van der Waals surface area contributed by atoms with Crippen LogP contribution >= 0.6 is 0 Å². The maximum absolute atomic E-state index is 12.0. The zero-order chi connectivity index (χ0) is 18.8. The van der Waals surface area contributed by atoms with E-state index in [9.17, 15) is 14.9 Å². The average Bonchev–Trinajstić information content (AvgIpc) is 3.46. The molecule has 1 saturated carbocycles. The number of hydrogen-bond acceptors (Lipinski definition) is 5. The maximum Gasteiger partial charge on any atom is 0.325 e. The van der Waals surface area contributed by atoms with Crippen molar-refractivity contribution in [3.63, 3.8) is 0 Å². The molecule has 2 aromatic heterocycles. The molecule has 2 heterocycles. The summed E-state index contributed by atoms with van der Waals surface area (Å²) in [6.07, 6.45) is 2.11. The van der Waals surface area contributed by atoms with E-state index in [4.69, 9.17) is 0 Å². The molecule has 0 radical (unpaired) electrons. The number of aromatic amines is 2. The van der Waals surface area contributed by atoms with Crippen molar-refractivity contribution >= 4 is 0 Å². The van der Waals surface area contributed by atoms with Crippen molar-refractivity contribution in [2.45, 2.75) is 12.3 Å². The van der Waals surface area contributed by atoms with Crippen LogP contribution in [-0.2, 0) is 0 Å². The summed E-state index contributed by atoms with van der Waals surface area (Å²) >= 11 is 0. The van der Waals surface area contributed by atoms with Gasteiger partial charge in [0.1, 0.15) is 11.8 Å².